The minimum atomic E-state index is -0.940. The highest BCUT2D eigenvalue weighted by molar-refractivity contribution is 9.10. The van der Waals surface area contributed by atoms with E-state index in [9.17, 15) is 19.1 Å². The molecule has 0 saturated heterocycles. The Balaban J connectivity index is 2.11. The lowest BCUT2D eigenvalue weighted by molar-refractivity contribution is -0.123. The fraction of sp³-hybridized carbons (Fsp3) is 0.250. The summed E-state index contributed by atoms with van der Waals surface area (Å²) < 4.78 is 19.5. The van der Waals surface area contributed by atoms with E-state index in [-0.39, 0.29) is 23.0 Å². The molecule has 3 N–H and O–H groups in total. The lowest BCUT2D eigenvalue weighted by Crippen LogP contribution is -2.48. The van der Waals surface area contributed by atoms with Gasteiger partial charge in [0.15, 0.2) is 11.5 Å². The molecule has 0 aromatic heterocycles. The number of halogens is 2. The summed E-state index contributed by atoms with van der Waals surface area (Å²) in [5.74, 6) is -2.13. The van der Waals surface area contributed by atoms with Crippen molar-refractivity contribution in [3.63, 3.8) is 0 Å². The highest BCUT2D eigenvalue weighted by Crippen LogP contribution is 2.32. The van der Waals surface area contributed by atoms with Crippen LogP contribution in [0.2, 0.25) is 0 Å². The van der Waals surface area contributed by atoms with Gasteiger partial charge < -0.3 is 15.2 Å². The SMILES string of the molecule is COc1cc(Br)cc(/C=N/NC(=O)C(NC(=O)c2ccccc2F)C(C)C)c1O. The van der Waals surface area contributed by atoms with Gasteiger partial charge in [0.1, 0.15) is 11.9 Å². The Hall–Kier alpha value is -2.94. The standard InChI is InChI=1S/C20H21BrFN3O4/c1-11(2)17(24-19(27)14-6-4-5-7-15(14)22)20(28)25-23-10-12-8-13(21)9-16(29-3)18(12)26/h4-11,17,26H,1-3H3,(H,24,27)(H,25,28)/b23-10+. The second kappa shape index (κ2) is 10.0. The van der Waals surface area contributed by atoms with E-state index in [0.717, 1.165) is 0 Å². The Morgan fingerprint density at radius 1 is 1.28 bits per heavy atom. The maximum Gasteiger partial charge on any atom is 0.262 e. The largest absolute Gasteiger partial charge is 0.504 e. The van der Waals surface area contributed by atoms with Crippen molar-refractivity contribution >= 4 is 34.0 Å². The van der Waals surface area contributed by atoms with E-state index in [1.807, 2.05) is 0 Å². The third kappa shape index (κ3) is 5.77. The second-order valence-corrected chi connectivity index (χ2v) is 7.37. The van der Waals surface area contributed by atoms with Crippen molar-refractivity contribution in [3.8, 4) is 11.5 Å². The maximum atomic E-state index is 13.8. The van der Waals surface area contributed by atoms with Crippen LogP contribution in [-0.4, -0.2) is 36.3 Å². The first-order valence-electron chi connectivity index (χ1n) is 8.69. The molecular weight excluding hydrogens is 445 g/mol. The summed E-state index contributed by atoms with van der Waals surface area (Å²) >= 11 is 3.29. The van der Waals surface area contributed by atoms with Gasteiger partial charge >= 0.3 is 0 Å². The summed E-state index contributed by atoms with van der Waals surface area (Å²) in [4.78, 5) is 24.8. The van der Waals surface area contributed by atoms with Crippen LogP contribution in [0.5, 0.6) is 11.5 Å². The zero-order valence-corrected chi connectivity index (χ0v) is 17.7. The first-order chi connectivity index (χ1) is 13.7. The van der Waals surface area contributed by atoms with Crippen molar-refractivity contribution in [3.05, 3.63) is 57.8 Å². The molecule has 0 heterocycles. The van der Waals surface area contributed by atoms with Gasteiger partial charge in [-0.1, -0.05) is 41.9 Å². The number of carbonyl (C=O) groups is 2. The Morgan fingerprint density at radius 3 is 2.59 bits per heavy atom. The minimum absolute atomic E-state index is 0.137. The van der Waals surface area contributed by atoms with E-state index in [1.54, 1.807) is 26.0 Å². The first kappa shape index (κ1) is 22.4. The fourth-order valence-electron chi connectivity index (χ4n) is 2.48. The highest BCUT2D eigenvalue weighted by Gasteiger charge is 2.25. The van der Waals surface area contributed by atoms with Crippen molar-refractivity contribution in [2.75, 3.05) is 7.11 Å². The number of amides is 2. The Labute approximate surface area is 176 Å². The number of aromatic hydroxyl groups is 1. The van der Waals surface area contributed by atoms with Crippen LogP contribution in [0.4, 0.5) is 4.39 Å². The first-order valence-corrected chi connectivity index (χ1v) is 9.48. The Bertz CT molecular complexity index is 934. The number of nitrogens with zero attached hydrogens (tertiary/aromatic N) is 1. The number of hydrogen-bond donors (Lipinski definition) is 3. The lowest BCUT2D eigenvalue weighted by atomic mass is 10.0. The van der Waals surface area contributed by atoms with Crippen LogP contribution < -0.4 is 15.5 Å². The van der Waals surface area contributed by atoms with Crippen LogP contribution in [0.3, 0.4) is 0 Å². The van der Waals surface area contributed by atoms with Gasteiger partial charge in [-0.15, -0.1) is 0 Å². The molecule has 0 bridgehead atoms. The molecule has 1 unspecified atom stereocenters. The van der Waals surface area contributed by atoms with E-state index in [4.69, 9.17) is 4.74 Å². The molecule has 0 aliphatic carbocycles. The van der Waals surface area contributed by atoms with Crippen LogP contribution in [0.25, 0.3) is 0 Å². The van der Waals surface area contributed by atoms with Gasteiger partial charge in [0, 0.05) is 10.0 Å². The highest BCUT2D eigenvalue weighted by atomic mass is 79.9. The summed E-state index contributed by atoms with van der Waals surface area (Å²) in [7, 11) is 1.41. The lowest BCUT2D eigenvalue weighted by Gasteiger charge is -2.20. The van der Waals surface area contributed by atoms with Crippen LogP contribution >= 0.6 is 15.9 Å². The predicted molar refractivity (Wildman–Crippen MR) is 111 cm³/mol. The van der Waals surface area contributed by atoms with Gasteiger partial charge in [-0.05, 0) is 30.2 Å². The number of ether oxygens (including phenoxy) is 1. The fourth-order valence-corrected chi connectivity index (χ4v) is 2.94. The average Bonchev–Trinajstić information content (AvgIpc) is 2.68. The zero-order chi connectivity index (χ0) is 21.6. The predicted octanol–water partition coefficient (Wildman–Crippen LogP) is 3.21. The number of hydrazone groups is 1. The number of carbonyl (C=O) groups excluding carboxylic acids is 2. The molecule has 0 radical (unpaired) electrons. The van der Waals surface area contributed by atoms with Crippen molar-refractivity contribution in [2.45, 2.75) is 19.9 Å². The molecule has 0 aliphatic rings. The van der Waals surface area contributed by atoms with Crippen LogP contribution in [0.15, 0.2) is 46.0 Å². The molecule has 0 aliphatic heterocycles. The molecule has 154 valence electrons. The molecule has 2 amide bonds. The number of nitrogens with one attached hydrogen (secondary N) is 2. The topological polar surface area (TPSA) is 100 Å². The quantitative estimate of drug-likeness (QED) is 0.431. The number of phenols is 1. The molecule has 2 rings (SSSR count). The molecule has 9 heteroatoms. The summed E-state index contributed by atoms with van der Waals surface area (Å²) in [6.45, 7) is 3.47. The molecule has 7 nitrogen and oxygen atoms in total. The van der Waals surface area contributed by atoms with E-state index in [2.05, 4.69) is 31.8 Å². The smallest absolute Gasteiger partial charge is 0.262 e. The van der Waals surface area contributed by atoms with Gasteiger partial charge in [0.25, 0.3) is 11.8 Å². The minimum Gasteiger partial charge on any atom is -0.504 e. The number of benzene rings is 2. The van der Waals surface area contributed by atoms with E-state index < -0.39 is 23.7 Å². The van der Waals surface area contributed by atoms with Crippen LogP contribution in [0.1, 0.15) is 29.8 Å². The summed E-state index contributed by atoms with van der Waals surface area (Å²) in [5, 5.41) is 16.5. The monoisotopic (exact) mass is 465 g/mol. The summed E-state index contributed by atoms with van der Waals surface area (Å²) in [5.41, 5.74) is 2.48. The zero-order valence-electron chi connectivity index (χ0n) is 16.1. The third-order valence-electron chi connectivity index (χ3n) is 4.02. The molecule has 2 aromatic carbocycles. The average molecular weight is 466 g/mol. The molecule has 0 saturated carbocycles. The maximum absolute atomic E-state index is 13.8. The van der Waals surface area contributed by atoms with Gasteiger partial charge in [-0.3, -0.25) is 9.59 Å². The van der Waals surface area contributed by atoms with Crippen molar-refractivity contribution in [2.24, 2.45) is 11.0 Å². The molecular formula is C20H21BrFN3O4. The van der Waals surface area contributed by atoms with Gasteiger partial charge in [0.05, 0.1) is 18.9 Å². The second-order valence-electron chi connectivity index (χ2n) is 6.46. The normalized spacial score (nSPS) is 12.1. The molecule has 0 fully saturated rings. The molecule has 0 spiro atoms. The summed E-state index contributed by atoms with van der Waals surface area (Å²) in [6.07, 6.45) is 1.25. The van der Waals surface area contributed by atoms with E-state index >= 15 is 0 Å². The van der Waals surface area contributed by atoms with Gasteiger partial charge in [-0.25, -0.2) is 9.82 Å². The van der Waals surface area contributed by atoms with Crippen molar-refractivity contribution in [1.29, 1.82) is 0 Å². The third-order valence-corrected chi connectivity index (χ3v) is 4.48. The Kier molecular flexibility index (Phi) is 7.72. The van der Waals surface area contributed by atoms with Crippen LogP contribution in [-0.2, 0) is 4.79 Å². The number of rotatable bonds is 7. The Morgan fingerprint density at radius 2 is 1.97 bits per heavy atom. The number of hydrogen-bond acceptors (Lipinski definition) is 5. The van der Waals surface area contributed by atoms with E-state index in [0.29, 0.717) is 10.0 Å². The number of phenolic OH excluding ortho intramolecular Hbond substituents is 1. The van der Waals surface area contributed by atoms with Crippen molar-refractivity contribution in [1.82, 2.24) is 10.7 Å². The summed E-state index contributed by atoms with van der Waals surface area (Å²) in [6, 6.07) is 7.74. The van der Waals surface area contributed by atoms with Gasteiger partial charge in [-0.2, -0.15) is 5.10 Å². The molecule has 29 heavy (non-hydrogen) atoms. The number of methoxy groups -OCH3 is 1. The molecule has 1 atom stereocenters. The van der Waals surface area contributed by atoms with Crippen molar-refractivity contribution < 1.29 is 23.8 Å². The van der Waals surface area contributed by atoms with Gasteiger partial charge in [0.2, 0.25) is 0 Å². The van der Waals surface area contributed by atoms with Crippen LogP contribution in [0, 0.1) is 11.7 Å². The van der Waals surface area contributed by atoms with E-state index in [1.165, 1.54) is 37.6 Å². The molecule has 2 aromatic rings.